The van der Waals surface area contributed by atoms with E-state index in [9.17, 15) is 4.79 Å². The third-order valence-electron chi connectivity index (χ3n) is 4.77. The van der Waals surface area contributed by atoms with Crippen LogP contribution in [0.25, 0.3) is 0 Å². The normalized spacial score (nSPS) is 27.7. The van der Waals surface area contributed by atoms with Crippen molar-refractivity contribution in [2.24, 2.45) is 5.73 Å². The molecule has 0 aliphatic carbocycles. The van der Waals surface area contributed by atoms with Crippen molar-refractivity contribution in [2.75, 3.05) is 19.6 Å². The summed E-state index contributed by atoms with van der Waals surface area (Å²) in [7, 11) is 0. The van der Waals surface area contributed by atoms with Crippen LogP contribution in [0, 0.1) is 0 Å². The van der Waals surface area contributed by atoms with E-state index in [1.165, 1.54) is 19.4 Å². The van der Waals surface area contributed by atoms with Crippen LogP contribution in [0.4, 0.5) is 0 Å². The van der Waals surface area contributed by atoms with Gasteiger partial charge in [-0.1, -0.05) is 13.3 Å². The lowest BCUT2D eigenvalue weighted by molar-refractivity contribution is -0.134. The van der Waals surface area contributed by atoms with E-state index < -0.39 is 0 Å². The zero-order valence-electron chi connectivity index (χ0n) is 12.5. The fraction of sp³-hybridized carbons (Fsp3) is 0.933. The summed E-state index contributed by atoms with van der Waals surface area (Å²) in [5, 5.41) is 0. The Hall–Kier alpha value is -0.610. The van der Waals surface area contributed by atoms with Crippen molar-refractivity contribution >= 4 is 5.91 Å². The van der Waals surface area contributed by atoms with Gasteiger partial charge in [-0.05, 0) is 45.6 Å². The number of carbonyl (C=O) groups excluding carboxylic acids is 1. The number of rotatable bonds is 4. The summed E-state index contributed by atoms with van der Waals surface area (Å²) in [6, 6.07) is 1.13. The van der Waals surface area contributed by atoms with Gasteiger partial charge in [-0.25, -0.2) is 0 Å². The van der Waals surface area contributed by atoms with Gasteiger partial charge < -0.3 is 10.6 Å². The minimum Gasteiger partial charge on any atom is -0.341 e. The van der Waals surface area contributed by atoms with Crippen LogP contribution < -0.4 is 5.73 Å². The molecule has 2 fully saturated rings. The Morgan fingerprint density at radius 2 is 1.95 bits per heavy atom. The van der Waals surface area contributed by atoms with Gasteiger partial charge in [0.05, 0.1) is 6.04 Å². The molecule has 2 saturated heterocycles. The highest BCUT2D eigenvalue weighted by atomic mass is 16.2. The Morgan fingerprint density at radius 1 is 1.26 bits per heavy atom. The van der Waals surface area contributed by atoms with Gasteiger partial charge in [0.2, 0.25) is 5.91 Å². The van der Waals surface area contributed by atoms with Crippen LogP contribution >= 0.6 is 0 Å². The lowest BCUT2D eigenvalue weighted by Gasteiger charge is -2.39. The molecule has 0 radical (unpaired) electrons. The predicted octanol–water partition coefficient (Wildman–Crippen LogP) is 1.59. The molecule has 0 aromatic heterocycles. The second-order valence-electron chi connectivity index (χ2n) is 6.18. The monoisotopic (exact) mass is 267 g/mol. The average molecular weight is 267 g/mol. The second kappa shape index (κ2) is 6.71. The Morgan fingerprint density at radius 3 is 2.47 bits per heavy atom. The minimum atomic E-state index is -0.285. The molecule has 0 spiro atoms. The van der Waals surface area contributed by atoms with Gasteiger partial charge >= 0.3 is 0 Å². The molecule has 2 rings (SSSR count). The molecule has 4 nitrogen and oxygen atoms in total. The first kappa shape index (κ1) is 14.8. The highest BCUT2D eigenvalue weighted by molar-refractivity contribution is 5.81. The fourth-order valence-corrected chi connectivity index (χ4v) is 3.58. The summed E-state index contributed by atoms with van der Waals surface area (Å²) in [5.74, 6) is 0.162. The van der Waals surface area contributed by atoms with Gasteiger partial charge in [0.25, 0.3) is 0 Å². The zero-order valence-corrected chi connectivity index (χ0v) is 12.5. The van der Waals surface area contributed by atoms with Crippen molar-refractivity contribution in [3.63, 3.8) is 0 Å². The molecule has 4 heteroatoms. The van der Waals surface area contributed by atoms with Crippen LogP contribution in [-0.4, -0.2) is 53.5 Å². The maximum atomic E-state index is 12.2. The first-order valence-electron chi connectivity index (χ1n) is 7.93. The molecule has 2 aliphatic heterocycles. The first-order valence-corrected chi connectivity index (χ1v) is 7.93. The molecule has 0 aromatic carbocycles. The summed E-state index contributed by atoms with van der Waals surface area (Å²) in [4.78, 5) is 16.8. The zero-order chi connectivity index (χ0) is 13.8. The molecule has 2 N–H and O–H groups in total. The Kier molecular flexibility index (Phi) is 5.22. The van der Waals surface area contributed by atoms with E-state index in [2.05, 4.69) is 18.7 Å². The average Bonchev–Trinajstić information content (AvgIpc) is 2.84. The van der Waals surface area contributed by atoms with Crippen molar-refractivity contribution in [1.82, 2.24) is 9.80 Å². The van der Waals surface area contributed by atoms with Gasteiger partial charge in [0, 0.05) is 25.2 Å². The second-order valence-corrected chi connectivity index (χ2v) is 6.18. The van der Waals surface area contributed by atoms with Crippen LogP contribution in [0.1, 0.15) is 52.4 Å². The van der Waals surface area contributed by atoms with E-state index in [0.29, 0.717) is 6.04 Å². The van der Waals surface area contributed by atoms with Crippen molar-refractivity contribution in [1.29, 1.82) is 0 Å². The molecular formula is C15H29N3O. The van der Waals surface area contributed by atoms with E-state index in [0.717, 1.165) is 44.8 Å². The Balaban J connectivity index is 1.80. The molecule has 0 bridgehead atoms. The molecule has 2 heterocycles. The largest absolute Gasteiger partial charge is 0.341 e. The first-order chi connectivity index (χ1) is 9.13. The molecular weight excluding hydrogens is 238 g/mol. The number of hydrogen-bond acceptors (Lipinski definition) is 3. The molecule has 19 heavy (non-hydrogen) atoms. The van der Waals surface area contributed by atoms with Crippen LogP contribution in [0.15, 0.2) is 0 Å². The van der Waals surface area contributed by atoms with Gasteiger partial charge in [-0.3, -0.25) is 9.69 Å². The molecule has 0 unspecified atom stereocenters. The summed E-state index contributed by atoms with van der Waals surface area (Å²) < 4.78 is 0. The molecule has 1 amide bonds. The highest BCUT2D eigenvalue weighted by Gasteiger charge is 2.32. The highest BCUT2D eigenvalue weighted by Crippen LogP contribution is 2.25. The van der Waals surface area contributed by atoms with Gasteiger partial charge in [-0.2, -0.15) is 0 Å². The summed E-state index contributed by atoms with van der Waals surface area (Å²) >= 11 is 0. The number of hydrogen-bond donors (Lipinski definition) is 1. The number of likely N-dealkylation sites (tertiary alicyclic amines) is 2. The van der Waals surface area contributed by atoms with Gasteiger partial charge in [0.1, 0.15) is 0 Å². The van der Waals surface area contributed by atoms with Crippen LogP contribution in [0.5, 0.6) is 0 Å². The van der Waals surface area contributed by atoms with E-state index in [4.69, 9.17) is 5.73 Å². The molecule has 110 valence electrons. The van der Waals surface area contributed by atoms with E-state index in [-0.39, 0.29) is 11.9 Å². The summed E-state index contributed by atoms with van der Waals surface area (Å²) in [6.45, 7) is 7.44. The molecule has 0 saturated carbocycles. The number of piperidine rings is 1. The number of nitrogens with zero attached hydrogens (tertiary/aromatic N) is 2. The Labute approximate surface area is 117 Å². The fourth-order valence-electron chi connectivity index (χ4n) is 3.58. The lowest BCUT2D eigenvalue weighted by atomic mass is 10.0. The molecule has 2 aliphatic rings. The van der Waals surface area contributed by atoms with Crippen LogP contribution in [-0.2, 0) is 4.79 Å². The SMILES string of the molecule is CCC[C@H](N)C(=O)N1CCC(N2CCC[C@H]2C)CC1. The Bertz CT molecular complexity index is 300. The topological polar surface area (TPSA) is 49.6 Å². The quantitative estimate of drug-likeness (QED) is 0.841. The van der Waals surface area contributed by atoms with Gasteiger partial charge in [0.15, 0.2) is 0 Å². The number of carbonyl (C=O) groups is 1. The maximum absolute atomic E-state index is 12.2. The third-order valence-corrected chi connectivity index (χ3v) is 4.77. The number of nitrogens with two attached hydrogens (primary N) is 1. The van der Waals surface area contributed by atoms with Crippen molar-refractivity contribution in [3.8, 4) is 0 Å². The maximum Gasteiger partial charge on any atom is 0.239 e. The molecule has 0 aromatic rings. The van der Waals surface area contributed by atoms with Crippen LogP contribution in [0.3, 0.4) is 0 Å². The van der Waals surface area contributed by atoms with E-state index in [1.807, 2.05) is 4.90 Å². The predicted molar refractivity (Wildman–Crippen MR) is 77.9 cm³/mol. The van der Waals surface area contributed by atoms with Gasteiger partial charge in [-0.15, -0.1) is 0 Å². The van der Waals surface area contributed by atoms with E-state index in [1.54, 1.807) is 0 Å². The smallest absolute Gasteiger partial charge is 0.239 e. The number of amides is 1. The van der Waals surface area contributed by atoms with E-state index >= 15 is 0 Å². The standard InChI is InChI=1S/C15H29N3O/c1-3-5-14(16)15(19)17-10-7-13(8-11-17)18-9-4-6-12(18)2/h12-14H,3-11,16H2,1-2H3/t12-,14+/m1/s1. The minimum absolute atomic E-state index is 0.162. The summed E-state index contributed by atoms with van der Waals surface area (Å²) in [6.07, 6.45) is 6.70. The summed E-state index contributed by atoms with van der Waals surface area (Å²) in [5.41, 5.74) is 5.94. The van der Waals surface area contributed by atoms with Crippen molar-refractivity contribution in [3.05, 3.63) is 0 Å². The lowest BCUT2D eigenvalue weighted by Crippen LogP contribution is -2.51. The molecule has 2 atom stereocenters. The van der Waals surface area contributed by atoms with Crippen LogP contribution in [0.2, 0.25) is 0 Å². The third kappa shape index (κ3) is 3.48. The van der Waals surface area contributed by atoms with Crippen molar-refractivity contribution < 1.29 is 4.79 Å². The van der Waals surface area contributed by atoms with Crippen molar-refractivity contribution in [2.45, 2.75) is 70.5 Å².